The van der Waals surface area contributed by atoms with Crippen molar-refractivity contribution >= 4 is 26.0 Å². The number of hydrogen-bond donors (Lipinski definition) is 2. The van der Waals surface area contributed by atoms with E-state index in [0.717, 1.165) is 0 Å². The summed E-state index contributed by atoms with van der Waals surface area (Å²) < 4.78 is 18.1. The molecule has 31 heavy (non-hydrogen) atoms. The maximum atomic E-state index is 12.4. The maximum Gasteiger partial charge on any atom is 0.413 e. The fourth-order valence-corrected chi connectivity index (χ4v) is 2.86. The number of carbonyl (C=O) groups excluding carboxylic acids is 1. The number of carboxylic acid groups (broad SMARTS) is 1. The number of carbonyl (C=O) groups is 2. The van der Waals surface area contributed by atoms with Gasteiger partial charge in [0.05, 0.1) is 20.8 Å². The largest absolute Gasteiger partial charge is 0.481 e. The summed E-state index contributed by atoms with van der Waals surface area (Å²) in [4.78, 5) is 31.7. The molecule has 0 aliphatic rings. The molecule has 2 heterocycles. The first-order chi connectivity index (χ1) is 14.3. The maximum absolute atomic E-state index is 12.4. The Hall–Kier alpha value is -2.73. The number of imidazole rings is 1. The number of ether oxygens (including phenoxy) is 2. The van der Waals surface area contributed by atoms with Gasteiger partial charge in [-0.2, -0.15) is 4.98 Å². The van der Waals surface area contributed by atoms with E-state index in [9.17, 15) is 9.59 Å². The number of aromatic nitrogens is 4. The summed E-state index contributed by atoms with van der Waals surface area (Å²) in [6.07, 6.45) is 0.797. The minimum Gasteiger partial charge on any atom is -0.481 e. The normalized spacial score (nSPS) is 13.1. The summed E-state index contributed by atoms with van der Waals surface area (Å²) in [5.74, 6) is -0.380. The number of carboxylic acids is 1. The summed E-state index contributed by atoms with van der Waals surface area (Å²) >= 11 is 0. The smallest absolute Gasteiger partial charge is 0.413 e. The molecule has 2 aromatic rings. The first-order valence-electron chi connectivity index (χ1n) is 9.97. The molecule has 0 fully saturated rings. The molecule has 1 amide bonds. The second-order valence-corrected chi connectivity index (χ2v) is 14.8. The van der Waals surface area contributed by atoms with Crippen molar-refractivity contribution in [1.82, 2.24) is 19.7 Å². The van der Waals surface area contributed by atoms with Crippen LogP contribution < -0.4 is 5.32 Å². The number of aliphatic carboxylic acids is 1. The molecule has 2 rings (SSSR count). The van der Waals surface area contributed by atoms with Crippen LogP contribution in [0.15, 0.2) is 10.9 Å². The van der Waals surface area contributed by atoms with E-state index in [2.05, 4.69) is 40.1 Å². The van der Waals surface area contributed by atoms with Gasteiger partial charge in [-0.25, -0.2) is 9.78 Å². The van der Waals surface area contributed by atoms with Crippen LogP contribution in [0.3, 0.4) is 0 Å². The van der Waals surface area contributed by atoms with Crippen LogP contribution in [0.4, 0.5) is 10.6 Å². The molecular formula is C19H31N5O6Si. The molecule has 0 saturated heterocycles. The van der Waals surface area contributed by atoms with E-state index in [1.54, 1.807) is 25.3 Å². The lowest BCUT2D eigenvalue weighted by atomic mass is 10.2. The number of nitrogens with zero attached hydrogens (tertiary/aromatic N) is 4. The summed E-state index contributed by atoms with van der Waals surface area (Å²) in [6.45, 7) is 14.1. The van der Waals surface area contributed by atoms with E-state index >= 15 is 0 Å². The van der Waals surface area contributed by atoms with Crippen molar-refractivity contribution in [2.45, 2.75) is 78.2 Å². The van der Waals surface area contributed by atoms with E-state index in [-0.39, 0.29) is 42.7 Å². The second-order valence-electron chi connectivity index (χ2n) is 9.25. The Morgan fingerprint density at radius 1 is 1.32 bits per heavy atom. The molecule has 12 heteroatoms. The first-order valence-corrected chi connectivity index (χ1v) is 13.6. The third-order valence-corrected chi connectivity index (χ3v) is 6.98. The fraction of sp³-hybridized carbons (Fsp3) is 0.632. The van der Waals surface area contributed by atoms with Gasteiger partial charge < -0.3 is 19.1 Å². The quantitative estimate of drug-likeness (QED) is 0.545. The van der Waals surface area contributed by atoms with Gasteiger partial charge >= 0.3 is 12.1 Å². The van der Waals surface area contributed by atoms with Crippen LogP contribution in [0.1, 0.15) is 40.0 Å². The summed E-state index contributed by atoms with van der Waals surface area (Å²) in [5, 5.41) is 15.4. The molecule has 0 aliphatic heterocycles. The van der Waals surface area contributed by atoms with E-state index in [0.29, 0.717) is 5.82 Å². The summed E-state index contributed by atoms with van der Waals surface area (Å²) in [5.41, 5.74) is -0.352. The molecule has 0 spiro atoms. The third kappa shape index (κ3) is 7.47. The summed E-state index contributed by atoms with van der Waals surface area (Å²) in [7, 11) is -1.52. The fourth-order valence-electron chi connectivity index (χ4n) is 2.28. The van der Waals surface area contributed by atoms with Crippen molar-refractivity contribution in [3.8, 4) is 11.5 Å². The van der Waals surface area contributed by atoms with Crippen molar-refractivity contribution < 1.29 is 28.7 Å². The van der Waals surface area contributed by atoms with Crippen LogP contribution in [0, 0.1) is 0 Å². The van der Waals surface area contributed by atoms with E-state index in [4.69, 9.17) is 19.1 Å². The minimum absolute atomic E-state index is 0.0699. The second kappa shape index (κ2) is 9.60. The molecule has 0 bridgehead atoms. The molecule has 2 aromatic heterocycles. The molecule has 0 aromatic carbocycles. The Morgan fingerprint density at radius 2 is 2.00 bits per heavy atom. The van der Waals surface area contributed by atoms with E-state index in [1.807, 2.05) is 6.92 Å². The van der Waals surface area contributed by atoms with Gasteiger partial charge in [-0.15, -0.1) is 0 Å². The molecule has 1 unspecified atom stereocenters. The zero-order valence-electron chi connectivity index (χ0n) is 19.1. The van der Waals surface area contributed by atoms with Crippen LogP contribution in [0.5, 0.6) is 0 Å². The van der Waals surface area contributed by atoms with Crippen molar-refractivity contribution in [2.75, 3.05) is 5.32 Å². The summed E-state index contributed by atoms with van der Waals surface area (Å²) in [6, 6.07) is 0. The monoisotopic (exact) mass is 453 g/mol. The topological polar surface area (TPSA) is 142 Å². The lowest BCUT2D eigenvalue weighted by molar-refractivity contribution is -0.137. The van der Waals surface area contributed by atoms with Gasteiger partial charge in [0.15, 0.2) is 5.69 Å². The average molecular weight is 454 g/mol. The molecule has 1 atom stereocenters. The number of anilines is 1. The Kier molecular flexibility index (Phi) is 7.60. The zero-order valence-corrected chi connectivity index (χ0v) is 20.1. The molecule has 0 aliphatic carbocycles. The predicted molar refractivity (Wildman–Crippen MR) is 115 cm³/mol. The van der Waals surface area contributed by atoms with Crippen LogP contribution in [-0.2, 0) is 27.4 Å². The van der Waals surface area contributed by atoms with Crippen LogP contribution in [-0.4, -0.2) is 56.3 Å². The Morgan fingerprint density at radius 3 is 2.58 bits per heavy atom. The average Bonchev–Trinajstić information content (AvgIpc) is 3.22. The van der Waals surface area contributed by atoms with Crippen molar-refractivity contribution in [2.24, 2.45) is 0 Å². The van der Waals surface area contributed by atoms with Gasteiger partial charge in [-0.3, -0.25) is 14.7 Å². The molecule has 11 nitrogen and oxygen atoms in total. The molecule has 0 saturated carbocycles. The number of hydrogen-bond acceptors (Lipinski definition) is 8. The lowest BCUT2D eigenvalue weighted by Gasteiger charge is -2.26. The molecule has 172 valence electrons. The highest BCUT2D eigenvalue weighted by molar-refractivity contribution is 6.77. The van der Waals surface area contributed by atoms with Gasteiger partial charge in [-0.05, 0) is 27.7 Å². The Bertz CT molecular complexity index is 912. The molecular weight excluding hydrogens is 422 g/mol. The van der Waals surface area contributed by atoms with E-state index < -0.39 is 25.7 Å². The van der Waals surface area contributed by atoms with Gasteiger partial charge in [0, 0.05) is 12.1 Å². The number of nitrogens with one attached hydrogen (secondary N) is 1. The molecule has 0 radical (unpaired) electrons. The van der Waals surface area contributed by atoms with Crippen LogP contribution >= 0.6 is 0 Å². The number of amides is 1. The van der Waals surface area contributed by atoms with Gasteiger partial charge in [0.1, 0.15) is 18.1 Å². The van der Waals surface area contributed by atoms with Gasteiger partial charge in [-0.1, -0.05) is 24.8 Å². The first kappa shape index (κ1) is 24.5. The standard InChI is InChI=1S/C19H31N5O6Si/c1-12(31(5,6)7)28-11-24-10-20-15(17(24)22-18(27)29-19(2,3)4)16-21-13(30-23-16)8-9-14(25)26/h10,12H,8-9,11H2,1-7H3,(H,22,27)(H,25,26). The number of aryl methyl sites for hydroxylation is 1. The van der Waals surface area contributed by atoms with Gasteiger partial charge in [0.2, 0.25) is 11.7 Å². The minimum atomic E-state index is -1.52. The SMILES string of the molecule is CC(OCn1cnc(-c2noc(CCC(=O)O)n2)c1NC(=O)OC(C)(C)C)[Si](C)(C)C. The van der Waals surface area contributed by atoms with Crippen molar-refractivity contribution in [1.29, 1.82) is 0 Å². The predicted octanol–water partition coefficient (Wildman–Crippen LogP) is 3.54. The van der Waals surface area contributed by atoms with Crippen LogP contribution in [0.2, 0.25) is 19.6 Å². The Labute approximate surface area is 182 Å². The lowest BCUT2D eigenvalue weighted by Crippen LogP contribution is -2.38. The van der Waals surface area contributed by atoms with Crippen LogP contribution in [0.25, 0.3) is 11.5 Å². The Balaban J connectivity index is 2.29. The third-order valence-electron chi connectivity index (χ3n) is 4.37. The highest BCUT2D eigenvalue weighted by Gasteiger charge is 2.26. The highest BCUT2D eigenvalue weighted by atomic mass is 28.3. The van der Waals surface area contributed by atoms with Crippen molar-refractivity contribution in [3.63, 3.8) is 0 Å². The number of rotatable bonds is 9. The molecule has 2 N–H and O–H groups in total. The van der Waals surface area contributed by atoms with Crippen molar-refractivity contribution in [3.05, 3.63) is 12.2 Å². The zero-order chi connectivity index (χ0) is 23.4. The van der Waals surface area contributed by atoms with E-state index in [1.165, 1.54) is 6.33 Å². The highest BCUT2D eigenvalue weighted by Crippen LogP contribution is 2.26. The van der Waals surface area contributed by atoms with Gasteiger partial charge in [0.25, 0.3) is 0 Å².